The van der Waals surface area contributed by atoms with E-state index in [1.165, 1.54) is 25.7 Å². The van der Waals surface area contributed by atoms with Crippen LogP contribution >= 0.6 is 12.2 Å². The average Bonchev–Trinajstić information content (AvgIpc) is 2.49. The van der Waals surface area contributed by atoms with Gasteiger partial charge in [0.1, 0.15) is 10.7 Å². The number of aromatic nitrogens is 1. The Bertz CT molecular complexity index is 493. The van der Waals surface area contributed by atoms with Gasteiger partial charge in [0.15, 0.2) is 0 Å². The van der Waals surface area contributed by atoms with Gasteiger partial charge in [-0.3, -0.25) is 9.78 Å². The molecule has 0 unspecified atom stereocenters. The van der Waals surface area contributed by atoms with Gasteiger partial charge in [0, 0.05) is 17.8 Å². The van der Waals surface area contributed by atoms with E-state index in [1.54, 1.807) is 18.3 Å². The first-order chi connectivity index (χ1) is 10.1. The predicted octanol–water partition coefficient (Wildman–Crippen LogP) is 2.80. The lowest BCUT2D eigenvalue weighted by atomic mass is 9.83. The minimum absolute atomic E-state index is 0.108. The monoisotopic (exact) mass is 305 g/mol. The number of hydrogen-bond acceptors (Lipinski definition) is 3. The van der Waals surface area contributed by atoms with Gasteiger partial charge in [0.2, 0.25) is 0 Å². The highest BCUT2D eigenvalue weighted by molar-refractivity contribution is 7.80. The van der Waals surface area contributed by atoms with Gasteiger partial charge in [-0.2, -0.15) is 0 Å². The largest absolute Gasteiger partial charge is 0.389 e. The van der Waals surface area contributed by atoms with Gasteiger partial charge < -0.3 is 11.1 Å². The molecule has 1 amide bonds. The van der Waals surface area contributed by atoms with E-state index in [0.717, 1.165) is 18.8 Å². The average molecular weight is 305 g/mol. The molecule has 1 heterocycles. The molecule has 21 heavy (non-hydrogen) atoms. The zero-order valence-corrected chi connectivity index (χ0v) is 13.3. The van der Waals surface area contributed by atoms with Crippen LogP contribution in [0.1, 0.15) is 61.5 Å². The van der Waals surface area contributed by atoms with Crippen molar-refractivity contribution in [1.29, 1.82) is 0 Å². The Hall–Kier alpha value is -1.49. The summed E-state index contributed by atoms with van der Waals surface area (Å²) in [5, 5.41) is 3.08. The Morgan fingerprint density at radius 1 is 1.38 bits per heavy atom. The molecule has 114 valence electrons. The van der Waals surface area contributed by atoms with E-state index >= 15 is 0 Å². The number of hydrogen-bond donors (Lipinski definition) is 2. The number of nitrogens with one attached hydrogen (secondary N) is 1. The zero-order chi connectivity index (χ0) is 15.2. The van der Waals surface area contributed by atoms with Crippen LogP contribution in [0.2, 0.25) is 0 Å². The normalized spacial score (nSPS) is 21.8. The fourth-order valence-electron chi connectivity index (χ4n) is 2.94. The maximum absolute atomic E-state index is 12.2. The molecule has 1 aromatic heterocycles. The molecule has 3 N–H and O–H groups in total. The van der Waals surface area contributed by atoms with Crippen LogP contribution in [-0.4, -0.2) is 21.9 Å². The second kappa shape index (κ2) is 7.50. The van der Waals surface area contributed by atoms with E-state index in [-0.39, 0.29) is 11.9 Å². The van der Waals surface area contributed by atoms with Crippen molar-refractivity contribution in [3.63, 3.8) is 0 Å². The molecule has 0 aliphatic heterocycles. The zero-order valence-electron chi connectivity index (χ0n) is 12.5. The van der Waals surface area contributed by atoms with E-state index in [0.29, 0.717) is 16.2 Å². The Balaban J connectivity index is 1.86. The molecule has 2 rings (SSSR count). The third-order valence-electron chi connectivity index (χ3n) is 4.16. The van der Waals surface area contributed by atoms with Crippen LogP contribution in [0.5, 0.6) is 0 Å². The number of nitrogens with two attached hydrogens (primary N) is 1. The van der Waals surface area contributed by atoms with Crippen molar-refractivity contribution in [2.45, 2.75) is 51.5 Å². The highest BCUT2D eigenvalue weighted by Gasteiger charge is 2.22. The van der Waals surface area contributed by atoms with Crippen LogP contribution < -0.4 is 11.1 Å². The lowest BCUT2D eigenvalue weighted by molar-refractivity contribution is 0.0916. The minimum Gasteiger partial charge on any atom is -0.389 e. The van der Waals surface area contributed by atoms with Crippen LogP contribution in [0.3, 0.4) is 0 Å². The number of rotatable bonds is 5. The van der Waals surface area contributed by atoms with Crippen molar-refractivity contribution in [3.8, 4) is 0 Å². The summed E-state index contributed by atoms with van der Waals surface area (Å²) in [6.07, 6.45) is 8.68. The van der Waals surface area contributed by atoms with E-state index in [1.807, 2.05) is 0 Å². The van der Waals surface area contributed by atoms with E-state index in [2.05, 4.69) is 17.2 Å². The molecular weight excluding hydrogens is 282 g/mol. The van der Waals surface area contributed by atoms with Gasteiger partial charge in [-0.05, 0) is 43.7 Å². The molecule has 1 aliphatic carbocycles. The summed E-state index contributed by atoms with van der Waals surface area (Å²) in [6.45, 7) is 2.23. The first-order valence-electron chi connectivity index (χ1n) is 7.67. The van der Waals surface area contributed by atoms with E-state index in [9.17, 15) is 4.79 Å². The quantitative estimate of drug-likeness (QED) is 0.821. The Morgan fingerprint density at radius 2 is 2.10 bits per heavy atom. The topological polar surface area (TPSA) is 68.0 Å². The van der Waals surface area contributed by atoms with Crippen molar-refractivity contribution >= 4 is 23.1 Å². The molecule has 1 fully saturated rings. The van der Waals surface area contributed by atoms with Gasteiger partial charge in [0.05, 0.1) is 0 Å². The summed E-state index contributed by atoms with van der Waals surface area (Å²) in [5.41, 5.74) is 6.62. The molecule has 1 aromatic rings. The van der Waals surface area contributed by atoms with Gasteiger partial charge in [-0.15, -0.1) is 0 Å². The summed E-state index contributed by atoms with van der Waals surface area (Å²) in [6, 6.07) is 3.69. The van der Waals surface area contributed by atoms with Crippen LogP contribution in [0.4, 0.5) is 0 Å². The number of carbonyl (C=O) groups excluding carboxylic acids is 1. The number of thiocarbonyl (C=S) groups is 1. The molecule has 0 saturated heterocycles. The predicted molar refractivity (Wildman–Crippen MR) is 88.2 cm³/mol. The Labute approximate surface area is 131 Å². The Kier molecular flexibility index (Phi) is 5.67. The lowest BCUT2D eigenvalue weighted by Gasteiger charge is -2.28. The number of pyridine rings is 1. The van der Waals surface area contributed by atoms with Gasteiger partial charge in [-0.1, -0.05) is 32.0 Å². The second-order valence-electron chi connectivity index (χ2n) is 5.78. The standard InChI is InChI=1S/C16H23N3OS/c1-2-3-11-4-7-13(8-5-11)19-16(20)14-9-6-12(10-18-14)15(17)21/h6,9-11,13H,2-5,7-8H2,1H3,(H2,17,21)(H,19,20). The minimum atomic E-state index is -0.108. The number of amides is 1. The second-order valence-corrected chi connectivity index (χ2v) is 6.22. The smallest absolute Gasteiger partial charge is 0.270 e. The van der Waals surface area contributed by atoms with Crippen molar-refractivity contribution < 1.29 is 4.79 Å². The van der Waals surface area contributed by atoms with Gasteiger partial charge >= 0.3 is 0 Å². The van der Waals surface area contributed by atoms with Gasteiger partial charge in [-0.25, -0.2) is 0 Å². The molecule has 1 saturated carbocycles. The molecule has 0 spiro atoms. The highest BCUT2D eigenvalue weighted by Crippen LogP contribution is 2.27. The molecule has 4 nitrogen and oxygen atoms in total. The summed E-state index contributed by atoms with van der Waals surface area (Å²) >= 11 is 4.87. The molecule has 0 bridgehead atoms. The third kappa shape index (κ3) is 4.49. The molecule has 0 atom stereocenters. The van der Waals surface area contributed by atoms with Crippen LogP contribution in [-0.2, 0) is 0 Å². The number of carbonyl (C=O) groups is 1. The van der Waals surface area contributed by atoms with E-state index < -0.39 is 0 Å². The van der Waals surface area contributed by atoms with Crippen molar-refractivity contribution in [3.05, 3.63) is 29.6 Å². The van der Waals surface area contributed by atoms with Crippen LogP contribution in [0.25, 0.3) is 0 Å². The maximum atomic E-state index is 12.2. The van der Waals surface area contributed by atoms with Crippen LogP contribution in [0, 0.1) is 5.92 Å². The van der Waals surface area contributed by atoms with Gasteiger partial charge in [0.25, 0.3) is 5.91 Å². The first kappa shape index (κ1) is 15.9. The summed E-state index contributed by atoms with van der Waals surface area (Å²) in [4.78, 5) is 16.6. The maximum Gasteiger partial charge on any atom is 0.270 e. The molecule has 5 heteroatoms. The van der Waals surface area contributed by atoms with E-state index in [4.69, 9.17) is 18.0 Å². The van der Waals surface area contributed by atoms with Crippen molar-refractivity contribution in [2.24, 2.45) is 11.7 Å². The molecular formula is C16H23N3OS. The fraction of sp³-hybridized carbons (Fsp3) is 0.562. The van der Waals surface area contributed by atoms with Crippen LogP contribution in [0.15, 0.2) is 18.3 Å². The Morgan fingerprint density at radius 3 is 2.62 bits per heavy atom. The van der Waals surface area contributed by atoms with Crippen molar-refractivity contribution in [1.82, 2.24) is 10.3 Å². The molecule has 0 radical (unpaired) electrons. The summed E-state index contributed by atoms with van der Waals surface area (Å²) < 4.78 is 0. The molecule has 0 aromatic carbocycles. The summed E-state index contributed by atoms with van der Waals surface area (Å²) in [7, 11) is 0. The van der Waals surface area contributed by atoms with Crippen molar-refractivity contribution in [2.75, 3.05) is 0 Å². The fourth-order valence-corrected chi connectivity index (χ4v) is 3.06. The lowest BCUT2D eigenvalue weighted by Crippen LogP contribution is -2.38. The molecule has 1 aliphatic rings. The number of nitrogens with zero attached hydrogens (tertiary/aromatic N) is 1. The first-order valence-corrected chi connectivity index (χ1v) is 8.07. The highest BCUT2D eigenvalue weighted by atomic mass is 32.1. The SMILES string of the molecule is CCCC1CCC(NC(=O)c2ccc(C(N)=S)cn2)CC1. The summed E-state index contributed by atoms with van der Waals surface area (Å²) in [5.74, 6) is 0.731. The third-order valence-corrected chi connectivity index (χ3v) is 4.40.